The number of hydrogen-bond donors (Lipinski definition) is 0. The van der Waals surface area contributed by atoms with E-state index in [4.69, 9.17) is 4.74 Å². The molecule has 3 heterocycles. The number of pyridine rings is 1. The maximum absolute atomic E-state index is 13.5. The van der Waals surface area contributed by atoms with Gasteiger partial charge in [-0.25, -0.2) is 9.37 Å². The normalized spacial score (nSPS) is 26.4. The van der Waals surface area contributed by atoms with Crippen molar-refractivity contribution in [2.45, 2.75) is 25.0 Å². The highest BCUT2D eigenvalue weighted by Crippen LogP contribution is 2.27. The van der Waals surface area contributed by atoms with Crippen molar-refractivity contribution in [3.8, 4) is 0 Å². The van der Waals surface area contributed by atoms with Gasteiger partial charge in [-0.3, -0.25) is 4.79 Å². The number of morpholine rings is 1. The number of nitrogens with zero attached hydrogens (tertiary/aromatic N) is 2. The lowest BCUT2D eigenvalue weighted by atomic mass is 10.2. The molecule has 2 aliphatic rings. The van der Waals surface area contributed by atoms with E-state index in [-0.39, 0.29) is 17.8 Å². The third-order valence-electron chi connectivity index (χ3n) is 3.41. The van der Waals surface area contributed by atoms with E-state index in [0.717, 1.165) is 19.0 Å². The van der Waals surface area contributed by atoms with Crippen LogP contribution >= 0.6 is 0 Å². The molecule has 1 amide bonds. The zero-order chi connectivity index (χ0) is 12.7. The number of hydrogen-bond acceptors (Lipinski definition) is 3. The van der Waals surface area contributed by atoms with E-state index in [1.54, 1.807) is 0 Å². The highest BCUT2D eigenvalue weighted by atomic mass is 19.2. The van der Waals surface area contributed by atoms with Gasteiger partial charge in [0.05, 0.1) is 17.8 Å². The standard InChI is InChI=1S/C12H12F2N2O2/c13-10-9(3-4-15-11(10)14)12(17)16-5-7-1-2-8(6-16)18-7/h3-4,7-8H,1-2,5-6H2. The largest absolute Gasteiger partial charge is 0.371 e. The number of halogens is 2. The maximum Gasteiger partial charge on any atom is 0.257 e. The molecule has 2 bridgehead atoms. The Balaban J connectivity index is 1.84. The van der Waals surface area contributed by atoms with E-state index in [9.17, 15) is 13.6 Å². The average molecular weight is 254 g/mol. The Labute approximate surface area is 103 Å². The number of likely N-dealkylation sites (tertiary alicyclic amines) is 1. The van der Waals surface area contributed by atoms with E-state index in [1.165, 1.54) is 11.0 Å². The summed E-state index contributed by atoms with van der Waals surface area (Å²) in [7, 11) is 0. The Bertz CT molecular complexity index is 483. The SMILES string of the molecule is O=C(c1ccnc(F)c1F)N1CC2CCC(C1)O2. The third kappa shape index (κ3) is 1.86. The van der Waals surface area contributed by atoms with Crippen LogP contribution in [-0.2, 0) is 4.74 Å². The molecule has 2 unspecified atom stereocenters. The first-order valence-electron chi connectivity index (χ1n) is 5.90. The molecule has 2 atom stereocenters. The van der Waals surface area contributed by atoms with Crippen LogP contribution < -0.4 is 0 Å². The van der Waals surface area contributed by atoms with Gasteiger partial charge in [-0.05, 0) is 18.9 Å². The van der Waals surface area contributed by atoms with E-state index < -0.39 is 17.7 Å². The second kappa shape index (κ2) is 4.28. The van der Waals surface area contributed by atoms with E-state index in [0.29, 0.717) is 13.1 Å². The molecule has 0 spiro atoms. The summed E-state index contributed by atoms with van der Waals surface area (Å²) in [6, 6.07) is 1.21. The van der Waals surface area contributed by atoms with E-state index >= 15 is 0 Å². The minimum atomic E-state index is -1.24. The van der Waals surface area contributed by atoms with Gasteiger partial charge in [0.15, 0.2) is 5.82 Å². The van der Waals surface area contributed by atoms with Crippen molar-refractivity contribution in [3.63, 3.8) is 0 Å². The number of amides is 1. The quantitative estimate of drug-likeness (QED) is 0.711. The first-order valence-corrected chi connectivity index (χ1v) is 5.90. The molecule has 18 heavy (non-hydrogen) atoms. The summed E-state index contributed by atoms with van der Waals surface area (Å²) in [5.41, 5.74) is -0.260. The second-order valence-electron chi connectivity index (χ2n) is 4.63. The van der Waals surface area contributed by atoms with Crippen LogP contribution in [0, 0.1) is 11.8 Å². The third-order valence-corrected chi connectivity index (χ3v) is 3.41. The fourth-order valence-corrected chi connectivity index (χ4v) is 2.53. The summed E-state index contributed by atoms with van der Waals surface area (Å²) in [6.45, 7) is 0.886. The molecule has 0 N–H and O–H groups in total. The summed E-state index contributed by atoms with van der Waals surface area (Å²) < 4.78 is 32.1. The zero-order valence-electron chi connectivity index (χ0n) is 9.60. The predicted molar refractivity (Wildman–Crippen MR) is 58.0 cm³/mol. The molecule has 6 heteroatoms. The highest BCUT2D eigenvalue weighted by molar-refractivity contribution is 5.94. The molecular weight excluding hydrogens is 242 g/mol. The molecule has 0 aliphatic carbocycles. The number of aromatic nitrogens is 1. The van der Waals surface area contributed by atoms with Gasteiger partial charge in [-0.1, -0.05) is 0 Å². The van der Waals surface area contributed by atoms with Crippen LogP contribution in [0.5, 0.6) is 0 Å². The van der Waals surface area contributed by atoms with Crippen molar-refractivity contribution in [3.05, 3.63) is 29.6 Å². The second-order valence-corrected chi connectivity index (χ2v) is 4.63. The van der Waals surface area contributed by atoms with Crippen LogP contribution in [0.25, 0.3) is 0 Å². The summed E-state index contributed by atoms with van der Waals surface area (Å²) in [6.07, 6.45) is 2.99. The van der Waals surface area contributed by atoms with Crippen molar-refractivity contribution in [1.29, 1.82) is 0 Å². The molecule has 4 nitrogen and oxygen atoms in total. The van der Waals surface area contributed by atoms with Gasteiger partial charge in [0, 0.05) is 19.3 Å². The number of fused-ring (bicyclic) bond motifs is 2. The van der Waals surface area contributed by atoms with Crippen molar-refractivity contribution in [2.75, 3.05) is 13.1 Å². The van der Waals surface area contributed by atoms with Crippen LogP contribution in [0.4, 0.5) is 8.78 Å². The molecular formula is C12H12F2N2O2. The molecule has 2 aliphatic heterocycles. The Hall–Kier alpha value is -1.56. The first-order chi connectivity index (χ1) is 8.65. The Morgan fingerprint density at radius 1 is 1.33 bits per heavy atom. The maximum atomic E-state index is 13.5. The molecule has 2 fully saturated rings. The monoisotopic (exact) mass is 254 g/mol. The lowest BCUT2D eigenvalue weighted by Crippen LogP contribution is -2.46. The molecule has 96 valence electrons. The highest BCUT2D eigenvalue weighted by Gasteiger charge is 2.36. The average Bonchev–Trinajstić information content (AvgIpc) is 2.71. The zero-order valence-corrected chi connectivity index (χ0v) is 9.60. The number of rotatable bonds is 1. The minimum absolute atomic E-state index is 0.0300. The molecule has 3 rings (SSSR count). The van der Waals surface area contributed by atoms with E-state index in [1.807, 2.05) is 0 Å². The van der Waals surface area contributed by atoms with Crippen molar-refractivity contribution in [2.24, 2.45) is 0 Å². The lowest BCUT2D eigenvalue weighted by Gasteiger charge is -2.32. The number of carbonyl (C=O) groups is 1. The summed E-state index contributed by atoms with van der Waals surface area (Å²) in [5, 5.41) is 0. The molecule has 1 aromatic heterocycles. The predicted octanol–water partition coefficient (Wildman–Crippen LogP) is 1.36. The number of ether oxygens (including phenoxy) is 1. The Kier molecular flexibility index (Phi) is 2.74. The molecule has 0 saturated carbocycles. The van der Waals surface area contributed by atoms with Crippen molar-refractivity contribution < 1.29 is 18.3 Å². The summed E-state index contributed by atoms with van der Waals surface area (Å²) >= 11 is 0. The number of carbonyl (C=O) groups excluding carboxylic acids is 1. The van der Waals surface area contributed by atoms with Gasteiger partial charge in [0.2, 0.25) is 5.95 Å². The molecule has 0 aromatic carbocycles. The summed E-state index contributed by atoms with van der Waals surface area (Å²) in [5.74, 6) is -2.91. The first kappa shape index (κ1) is 11.5. The molecule has 0 radical (unpaired) electrons. The fraction of sp³-hybridized carbons (Fsp3) is 0.500. The molecule has 1 aromatic rings. The topological polar surface area (TPSA) is 42.4 Å². The van der Waals surface area contributed by atoms with Gasteiger partial charge in [-0.2, -0.15) is 4.39 Å². The van der Waals surface area contributed by atoms with E-state index in [2.05, 4.69) is 4.98 Å². The van der Waals surface area contributed by atoms with Gasteiger partial charge >= 0.3 is 0 Å². The van der Waals surface area contributed by atoms with Crippen LogP contribution in [0.2, 0.25) is 0 Å². The van der Waals surface area contributed by atoms with Gasteiger partial charge < -0.3 is 9.64 Å². The van der Waals surface area contributed by atoms with Crippen LogP contribution in [-0.4, -0.2) is 41.1 Å². The minimum Gasteiger partial charge on any atom is -0.371 e. The van der Waals surface area contributed by atoms with Gasteiger partial charge in [-0.15, -0.1) is 0 Å². The van der Waals surface area contributed by atoms with Crippen molar-refractivity contribution in [1.82, 2.24) is 9.88 Å². The van der Waals surface area contributed by atoms with Crippen molar-refractivity contribution >= 4 is 5.91 Å². The molecule has 2 saturated heterocycles. The Morgan fingerprint density at radius 2 is 2.00 bits per heavy atom. The smallest absolute Gasteiger partial charge is 0.257 e. The van der Waals surface area contributed by atoms with Gasteiger partial charge in [0.25, 0.3) is 5.91 Å². The summed E-state index contributed by atoms with van der Waals surface area (Å²) in [4.78, 5) is 16.8. The van der Waals surface area contributed by atoms with Crippen LogP contribution in [0.1, 0.15) is 23.2 Å². The lowest BCUT2D eigenvalue weighted by molar-refractivity contribution is -0.0305. The van der Waals surface area contributed by atoms with Gasteiger partial charge in [0.1, 0.15) is 0 Å². The fourth-order valence-electron chi connectivity index (χ4n) is 2.53. The van der Waals surface area contributed by atoms with Crippen LogP contribution in [0.15, 0.2) is 12.3 Å². The Morgan fingerprint density at radius 3 is 2.67 bits per heavy atom. The van der Waals surface area contributed by atoms with Crippen LogP contribution in [0.3, 0.4) is 0 Å².